The van der Waals surface area contributed by atoms with Crippen molar-refractivity contribution in [1.82, 2.24) is 0 Å². The van der Waals surface area contributed by atoms with Crippen LogP contribution in [0, 0.1) is 10.1 Å². The second kappa shape index (κ2) is 5.17. The molecule has 0 heterocycles. The van der Waals surface area contributed by atoms with Crippen molar-refractivity contribution in [1.29, 1.82) is 0 Å². The van der Waals surface area contributed by atoms with Gasteiger partial charge >= 0.3 is 0 Å². The fourth-order valence-electron chi connectivity index (χ4n) is 1.59. The van der Waals surface area contributed by atoms with Gasteiger partial charge < -0.3 is 5.73 Å². The summed E-state index contributed by atoms with van der Waals surface area (Å²) in [6.45, 7) is 0. The van der Waals surface area contributed by atoms with E-state index in [0.717, 1.165) is 12.1 Å². The molecule has 0 amide bonds. The average molecular weight is 293 g/mol. The maximum absolute atomic E-state index is 12.2. The predicted molar refractivity (Wildman–Crippen MR) is 74.8 cm³/mol. The SMILES string of the molecule is Nc1ccc([N+](=O)[O-])cc1S(=O)(=O)Nc1ccccc1. The molecule has 0 aliphatic carbocycles. The predicted octanol–water partition coefficient (Wildman–Crippen LogP) is 1.98. The molecule has 0 aliphatic rings. The molecule has 0 unspecified atom stereocenters. The fourth-order valence-corrected chi connectivity index (χ4v) is 2.80. The van der Waals surface area contributed by atoms with Crippen LogP contribution < -0.4 is 10.5 Å². The molecule has 7 nitrogen and oxygen atoms in total. The number of rotatable bonds is 4. The van der Waals surface area contributed by atoms with E-state index >= 15 is 0 Å². The third-order valence-electron chi connectivity index (χ3n) is 2.52. The minimum absolute atomic E-state index is 0.0565. The van der Waals surface area contributed by atoms with Gasteiger partial charge in [0.2, 0.25) is 0 Å². The molecule has 2 rings (SSSR count). The Morgan fingerprint density at radius 1 is 1.10 bits per heavy atom. The van der Waals surface area contributed by atoms with Crippen LogP contribution in [0.15, 0.2) is 53.4 Å². The van der Waals surface area contributed by atoms with Crippen LogP contribution >= 0.6 is 0 Å². The van der Waals surface area contributed by atoms with Gasteiger partial charge in [0.25, 0.3) is 15.7 Å². The van der Waals surface area contributed by atoms with Crippen molar-refractivity contribution in [3.05, 3.63) is 58.6 Å². The quantitative estimate of drug-likeness (QED) is 0.508. The van der Waals surface area contributed by atoms with Crippen LogP contribution in [-0.2, 0) is 10.0 Å². The highest BCUT2D eigenvalue weighted by Crippen LogP contribution is 2.25. The van der Waals surface area contributed by atoms with E-state index in [9.17, 15) is 18.5 Å². The number of hydrogen-bond donors (Lipinski definition) is 2. The zero-order valence-corrected chi connectivity index (χ0v) is 11.0. The lowest BCUT2D eigenvalue weighted by Gasteiger charge is -2.09. The number of benzene rings is 2. The molecule has 0 aromatic heterocycles. The summed E-state index contributed by atoms with van der Waals surface area (Å²) in [6.07, 6.45) is 0. The normalized spacial score (nSPS) is 11.0. The molecule has 0 saturated carbocycles. The minimum Gasteiger partial charge on any atom is -0.398 e. The molecule has 2 aromatic carbocycles. The number of anilines is 2. The first-order valence-electron chi connectivity index (χ1n) is 5.52. The highest BCUT2D eigenvalue weighted by atomic mass is 32.2. The second-order valence-corrected chi connectivity index (χ2v) is 5.60. The molecule has 8 heteroatoms. The monoisotopic (exact) mass is 293 g/mol. The Kier molecular flexibility index (Phi) is 3.57. The number of para-hydroxylation sites is 1. The van der Waals surface area contributed by atoms with Gasteiger partial charge in [-0.15, -0.1) is 0 Å². The smallest absolute Gasteiger partial charge is 0.270 e. The Morgan fingerprint density at radius 2 is 1.75 bits per heavy atom. The van der Waals surface area contributed by atoms with Crippen molar-refractivity contribution in [2.45, 2.75) is 4.90 Å². The Bertz CT molecular complexity index is 745. The summed E-state index contributed by atoms with van der Waals surface area (Å²) in [4.78, 5) is 9.70. The minimum atomic E-state index is -3.98. The molecular formula is C12H11N3O4S. The molecule has 2 aromatic rings. The summed E-state index contributed by atoms with van der Waals surface area (Å²) in [7, 11) is -3.98. The summed E-state index contributed by atoms with van der Waals surface area (Å²) in [5.74, 6) is 0. The lowest BCUT2D eigenvalue weighted by Crippen LogP contribution is -2.15. The van der Waals surface area contributed by atoms with Crippen molar-refractivity contribution >= 4 is 27.1 Å². The molecule has 20 heavy (non-hydrogen) atoms. The number of nitrogens with two attached hydrogens (primary N) is 1. The van der Waals surface area contributed by atoms with Gasteiger partial charge in [0.15, 0.2) is 0 Å². The summed E-state index contributed by atoms with van der Waals surface area (Å²) in [5, 5.41) is 10.7. The maximum atomic E-state index is 12.2. The van der Waals surface area contributed by atoms with E-state index in [1.54, 1.807) is 30.3 Å². The molecule has 104 valence electrons. The molecule has 0 aliphatic heterocycles. The standard InChI is InChI=1S/C12H11N3O4S/c13-11-7-6-10(15(16)17)8-12(11)20(18,19)14-9-4-2-1-3-5-9/h1-8,14H,13H2. The fraction of sp³-hybridized carbons (Fsp3) is 0. The zero-order chi connectivity index (χ0) is 14.8. The zero-order valence-electron chi connectivity index (χ0n) is 10.2. The summed E-state index contributed by atoms with van der Waals surface area (Å²) in [5.41, 5.74) is 5.54. The van der Waals surface area contributed by atoms with Gasteiger partial charge in [-0.1, -0.05) is 18.2 Å². The number of nitrogen functional groups attached to an aromatic ring is 1. The van der Waals surface area contributed by atoms with Gasteiger partial charge in [0.1, 0.15) is 4.90 Å². The lowest BCUT2D eigenvalue weighted by molar-refractivity contribution is -0.385. The third-order valence-corrected chi connectivity index (χ3v) is 3.96. The summed E-state index contributed by atoms with van der Waals surface area (Å²) >= 11 is 0. The van der Waals surface area contributed by atoms with E-state index in [4.69, 9.17) is 5.73 Å². The van der Waals surface area contributed by atoms with E-state index in [1.807, 2.05) is 0 Å². The van der Waals surface area contributed by atoms with Crippen molar-refractivity contribution in [2.24, 2.45) is 0 Å². The number of sulfonamides is 1. The summed E-state index contributed by atoms with van der Waals surface area (Å²) in [6, 6.07) is 11.5. The molecule has 3 N–H and O–H groups in total. The number of hydrogen-bond acceptors (Lipinski definition) is 5. The molecule has 0 fully saturated rings. The maximum Gasteiger partial charge on any atom is 0.270 e. The van der Waals surface area contributed by atoms with Crippen LogP contribution in [0.1, 0.15) is 0 Å². The van der Waals surface area contributed by atoms with Crippen LogP contribution in [0.5, 0.6) is 0 Å². The Hall–Kier alpha value is -2.61. The van der Waals surface area contributed by atoms with Crippen molar-refractivity contribution in [3.8, 4) is 0 Å². The number of non-ortho nitro benzene ring substituents is 1. The first-order valence-corrected chi connectivity index (χ1v) is 7.00. The van der Waals surface area contributed by atoms with Gasteiger partial charge in [-0.25, -0.2) is 8.42 Å². The number of nitrogens with zero attached hydrogens (tertiary/aromatic N) is 1. The van der Waals surface area contributed by atoms with Crippen LogP contribution in [0.4, 0.5) is 17.1 Å². The van der Waals surface area contributed by atoms with Gasteiger partial charge in [-0.3, -0.25) is 14.8 Å². The van der Waals surface area contributed by atoms with Gasteiger partial charge in [-0.2, -0.15) is 0 Å². The third kappa shape index (κ3) is 2.86. The van der Waals surface area contributed by atoms with Crippen LogP contribution in [0.2, 0.25) is 0 Å². The van der Waals surface area contributed by atoms with Crippen LogP contribution in [-0.4, -0.2) is 13.3 Å². The number of nitrogens with one attached hydrogen (secondary N) is 1. The Morgan fingerprint density at radius 3 is 2.35 bits per heavy atom. The second-order valence-electron chi connectivity index (χ2n) is 3.95. The molecule has 0 saturated heterocycles. The van der Waals surface area contributed by atoms with Crippen molar-refractivity contribution < 1.29 is 13.3 Å². The lowest BCUT2D eigenvalue weighted by atomic mass is 10.3. The van der Waals surface area contributed by atoms with E-state index in [2.05, 4.69) is 4.72 Å². The van der Waals surface area contributed by atoms with E-state index in [0.29, 0.717) is 5.69 Å². The van der Waals surface area contributed by atoms with Crippen LogP contribution in [0.25, 0.3) is 0 Å². The number of nitro groups is 1. The summed E-state index contributed by atoms with van der Waals surface area (Å²) < 4.78 is 26.7. The van der Waals surface area contributed by atoms with E-state index < -0.39 is 14.9 Å². The van der Waals surface area contributed by atoms with E-state index in [1.165, 1.54) is 6.07 Å². The van der Waals surface area contributed by atoms with Gasteiger partial charge in [0, 0.05) is 17.8 Å². The highest BCUT2D eigenvalue weighted by Gasteiger charge is 2.21. The van der Waals surface area contributed by atoms with Gasteiger partial charge in [-0.05, 0) is 18.2 Å². The number of nitro benzene ring substituents is 1. The van der Waals surface area contributed by atoms with Crippen LogP contribution in [0.3, 0.4) is 0 Å². The topological polar surface area (TPSA) is 115 Å². The largest absolute Gasteiger partial charge is 0.398 e. The van der Waals surface area contributed by atoms with E-state index in [-0.39, 0.29) is 16.3 Å². The molecule has 0 bridgehead atoms. The first kappa shape index (κ1) is 13.8. The average Bonchev–Trinajstić information content (AvgIpc) is 2.39. The Balaban J connectivity index is 2.44. The molecule has 0 spiro atoms. The highest BCUT2D eigenvalue weighted by molar-refractivity contribution is 7.92. The van der Waals surface area contributed by atoms with Crippen molar-refractivity contribution in [3.63, 3.8) is 0 Å². The molecule has 0 atom stereocenters. The molecular weight excluding hydrogens is 282 g/mol. The Labute approximate surface area is 115 Å². The van der Waals surface area contributed by atoms with Crippen molar-refractivity contribution in [2.75, 3.05) is 10.5 Å². The first-order chi connectivity index (χ1) is 9.40. The molecule has 0 radical (unpaired) electrons. The van der Waals surface area contributed by atoms with Gasteiger partial charge in [0.05, 0.1) is 10.6 Å².